The zero-order valence-corrected chi connectivity index (χ0v) is 4.97. The van der Waals surface area contributed by atoms with Crippen LogP contribution in [0.3, 0.4) is 0 Å². The van der Waals surface area contributed by atoms with E-state index in [1.54, 1.807) is 0 Å². The summed E-state index contributed by atoms with van der Waals surface area (Å²) in [5.74, 6) is 0. The summed E-state index contributed by atoms with van der Waals surface area (Å²) < 4.78 is 9.27. The van der Waals surface area contributed by atoms with Crippen LogP contribution < -0.4 is 21.6 Å². The van der Waals surface area contributed by atoms with Crippen LogP contribution in [0.5, 0.6) is 0 Å². The van der Waals surface area contributed by atoms with E-state index in [1.807, 2.05) is 0 Å². The summed E-state index contributed by atoms with van der Waals surface area (Å²) in [6.45, 7) is 0. The summed E-state index contributed by atoms with van der Waals surface area (Å²) in [6.07, 6.45) is -0.497. The predicted octanol–water partition coefficient (Wildman–Crippen LogP) is -2.89. The maximum absolute atomic E-state index is 9.83. The van der Waals surface area contributed by atoms with Crippen LogP contribution in [0.2, 0.25) is 0 Å². The van der Waals surface area contributed by atoms with Gasteiger partial charge < -0.3 is 0 Å². The molecule has 0 saturated carbocycles. The van der Waals surface area contributed by atoms with Gasteiger partial charge in [-0.05, 0) is 0 Å². The molecule has 0 radical (unpaired) electrons. The van der Waals surface area contributed by atoms with E-state index >= 15 is 0 Å². The molecule has 1 fully saturated rings. The first-order valence-corrected chi connectivity index (χ1v) is 3.73. The van der Waals surface area contributed by atoms with E-state index in [-0.39, 0.29) is 21.6 Å². The van der Waals surface area contributed by atoms with Gasteiger partial charge in [0.05, 0.1) is 0 Å². The number of rotatable bonds is 0. The van der Waals surface area contributed by atoms with Gasteiger partial charge in [-0.25, -0.2) is 0 Å². The van der Waals surface area contributed by atoms with Crippen LogP contribution in [0.25, 0.3) is 0 Å². The first-order chi connectivity index (χ1) is 2.89. The molecule has 0 aromatic rings. The minimum absolute atomic E-state index is 0.370. The van der Waals surface area contributed by atoms with Crippen LogP contribution in [0.1, 0.15) is 0 Å². The Morgan fingerprint density at radius 3 is 2.83 bits per heavy atom. The van der Waals surface area contributed by atoms with Crippen molar-refractivity contribution in [3.05, 3.63) is 0 Å². The van der Waals surface area contributed by atoms with Gasteiger partial charge in [0.1, 0.15) is 0 Å². The maximum atomic E-state index is 9.83. The molecule has 0 amide bonds. The number of hydrogen-bond donors (Lipinski definition) is 0. The molecule has 6 heavy (non-hydrogen) atoms. The average Bonchev–Trinajstić information content (AvgIpc) is 1.86. The van der Waals surface area contributed by atoms with Gasteiger partial charge in [0.25, 0.3) is 0 Å². The third-order valence-electron chi connectivity index (χ3n) is 0.334. The van der Waals surface area contributed by atoms with E-state index in [0.29, 0.717) is 4.61 Å². The molecule has 0 atom stereocenters. The van der Waals surface area contributed by atoms with Crippen molar-refractivity contribution in [3.8, 4) is 0 Å². The van der Waals surface area contributed by atoms with E-state index in [4.69, 9.17) is 0 Å². The van der Waals surface area contributed by atoms with Gasteiger partial charge in [-0.1, -0.05) is 0 Å². The number of hydrogen-bond acceptors (Lipinski definition) is 3. The van der Waals surface area contributed by atoms with Crippen LogP contribution in [0.4, 0.5) is 4.79 Å². The number of halogens is 1. The average molecular weight is 201 g/mol. The van der Waals surface area contributed by atoms with Crippen molar-refractivity contribution >= 4 is 6.16 Å². The molecule has 1 heterocycles. The molecule has 0 aromatic heterocycles. The van der Waals surface area contributed by atoms with Crippen LogP contribution in [-0.4, -0.2) is 10.8 Å². The first kappa shape index (κ1) is 4.17. The van der Waals surface area contributed by atoms with E-state index in [9.17, 15) is 4.79 Å². The molecule has 0 N–H and O–H groups in total. The fraction of sp³-hybridized carbons (Fsp3) is 0.500. The third-order valence-corrected chi connectivity index (χ3v) is 1.57. The Labute approximate surface area is 45.4 Å². The summed E-state index contributed by atoms with van der Waals surface area (Å²) in [4.78, 5) is 9.83. The fourth-order valence-electron chi connectivity index (χ4n) is 0.156. The molecule has 0 unspecified atom stereocenters. The van der Waals surface area contributed by atoms with Gasteiger partial charge in [0, 0.05) is 0 Å². The second-order valence-electron chi connectivity index (χ2n) is 0.690. The van der Waals surface area contributed by atoms with Crippen LogP contribution in [0, 0.1) is 0 Å². The molecule has 3 nitrogen and oxygen atoms in total. The monoisotopic (exact) mass is 201 g/mol. The fourth-order valence-corrected chi connectivity index (χ4v) is 1.05. The number of alkyl halides is 1. The molecule has 1 rings (SSSR count). The SMILES string of the molecule is O=C1OC[I-]O1. The summed E-state index contributed by atoms with van der Waals surface area (Å²) in [7, 11) is 0. The molecule has 1 saturated heterocycles. The van der Waals surface area contributed by atoms with Gasteiger partial charge in [0.15, 0.2) is 0 Å². The number of carbonyl (C=O) groups is 1. The molecular weight excluding hydrogens is 199 g/mol. The molecule has 36 valence electrons. The Hall–Kier alpha value is -0.0000000000000000555. The van der Waals surface area contributed by atoms with Crippen LogP contribution in [0.15, 0.2) is 0 Å². The Kier molecular flexibility index (Phi) is 1.13. The van der Waals surface area contributed by atoms with Crippen molar-refractivity contribution in [2.75, 3.05) is 4.61 Å². The molecule has 0 aliphatic carbocycles. The molecule has 1 aliphatic rings. The van der Waals surface area contributed by atoms with Crippen molar-refractivity contribution in [3.63, 3.8) is 0 Å². The predicted molar refractivity (Wildman–Crippen MR) is 12.4 cm³/mol. The molecule has 0 bridgehead atoms. The third kappa shape index (κ3) is 0.735. The number of carbonyl (C=O) groups excluding carboxylic acids is 1. The molecule has 4 heteroatoms. The van der Waals surface area contributed by atoms with Gasteiger partial charge in [-0.15, -0.1) is 0 Å². The second-order valence-corrected chi connectivity index (χ2v) is 2.38. The zero-order valence-electron chi connectivity index (χ0n) is 2.81. The van der Waals surface area contributed by atoms with E-state index in [0.717, 1.165) is 0 Å². The van der Waals surface area contributed by atoms with Gasteiger partial charge in [0.2, 0.25) is 0 Å². The number of ether oxygens (including phenoxy) is 1. The van der Waals surface area contributed by atoms with Crippen molar-refractivity contribution in [1.29, 1.82) is 0 Å². The summed E-state index contributed by atoms with van der Waals surface area (Å²) in [5, 5.41) is 0. The van der Waals surface area contributed by atoms with E-state index in [2.05, 4.69) is 7.80 Å². The second kappa shape index (κ2) is 1.63. The first-order valence-electron chi connectivity index (χ1n) is 1.32. The minimum atomic E-state index is -0.497. The van der Waals surface area contributed by atoms with E-state index in [1.165, 1.54) is 0 Å². The summed E-state index contributed by atoms with van der Waals surface area (Å²) in [5.41, 5.74) is 0. The molecule has 1 aliphatic heterocycles. The molecular formula is C2H2IO3-. The van der Waals surface area contributed by atoms with Crippen LogP contribution in [-0.2, 0) is 7.80 Å². The van der Waals surface area contributed by atoms with Gasteiger partial charge in [-0.3, -0.25) is 0 Å². The van der Waals surface area contributed by atoms with E-state index < -0.39 is 6.16 Å². The molecule has 0 spiro atoms. The zero-order chi connectivity index (χ0) is 4.41. The van der Waals surface area contributed by atoms with Crippen molar-refractivity contribution in [2.45, 2.75) is 0 Å². The summed E-state index contributed by atoms with van der Waals surface area (Å²) in [6, 6.07) is 0. The van der Waals surface area contributed by atoms with Crippen molar-refractivity contribution < 1.29 is 34.2 Å². The van der Waals surface area contributed by atoms with Gasteiger partial charge >= 0.3 is 45.0 Å². The van der Waals surface area contributed by atoms with Crippen molar-refractivity contribution in [2.24, 2.45) is 0 Å². The normalized spacial score (nSPS) is 21.0. The topological polar surface area (TPSA) is 35.5 Å². The standard InChI is InChI=1S/C2H2IO3/c4-2-5-1-3-6-2/h1H2/q-1. The quantitative estimate of drug-likeness (QED) is 0.240. The Morgan fingerprint density at radius 2 is 2.67 bits per heavy atom. The number of cyclic esters (lactones) is 1. The summed E-state index contributed by atoms with van der Waals surface area (Å²) >= 11 is -0.370. The molecule has 0 aromatic carbocycles. The Balaban J connectivity index is 2.37. The Morgan fingerprint density at radius 1 is 1.83 bits per heavy atom. The van der Waals surface area contributed by atoms with Crippen molar-refractivity contribution in [1.82, 2.24) is 0 Å². The van der Waals surface area contributed by atoms with Gasteiger partial charge in [-0.2, -0.15) is 0 Å². The Bertz CT molecular complexity index is 63.2. The van der Waals surface area contributed by atoms with Crippen LogP contribution >= 0.6 is 0 Å².